The largest absolute Gasteiger partial charge is 0.296 e. The van der Waals surface area contributed by atoms with Crippen molar-refractivity contribution in [3.05, 3.63) is 71.0 Å². The lowest BCUT2D eigenvalue weighted by Gasteiger charge is -2.00. The molecule has 0 bridgehead atoms. The lowest BCUT2D eigenvalue weighted by molar-refractivity contribution is 0.102. The molecule has 0 aliphatic carbocycles. The first-order valence-corrected chi connectivity index (χ1v) is 8.96. The van der Waals surface area contributed by atoms with Crippen LogP contribution in [-0.4, -0.2) is 16.1 Å². The summed E-state index contributed by atoms with van der Waals surface area (Å²) in [5.74, 6) is -0.0690. The maximum Gasteiger partial charge on any atom is 0.257 e. The van der Waals surface area contributed by atoms with E-state index < -0.39 is 5.82 Å². The summed E-state index contributed by atoms with van der Waals surface area (Å²) < 4.78 is 13.6. The molecule has 1 amide bonds. The Kier molecular flexibility index (Phi) is 5.38. The van der Waals surface area contributed by atoms with Crippen molar-refractivity contribution in [2.75, 3.05) is 5.32 Å². The van der Waals surface area contributed by atoms with Crippen LogP contribution in [0.2, 0.25) is 0 Å². The highest BCUT2D eigenvalue weighted by Crippen LogP contribution is 2.28. The van der Waals surface area contributed by atoms with E-state index in [1.165, 1.54) is 47.4 Å². The van der Waals surface area contributed by atoms with Gasteiger partial charge in [-0.1, -0.05) is 35.2 Å². The minimum atomic E-state index is -0.394. The average Bonchev–Trinajstić information content (AvgIpc) is 3.08. The van der Waals surface area contributed by atoms with Gasteiger partial charge >= 0.3 is 0 Å². The topological polar surface area (TPSA) is 78.7 Å². The number of carbonyl (C=O) groups is 1. The SMILES string of the molecule is N#Cc1ccc(CSc2nnc(NC(=O)c3ccc(F)cc3)s2)cc1. The Hall–Kier alpha value is -2.76. The molecule has 1 aromatic heterocycles. The van der Waals surface area contributed by atoms with Crippen molar-refractivity contribution in [1.82, 2.24) is 10.2 Å². The Morgan fingerprint density at radius 1 is 1.16 bits per heavy atom. The quantitative estimate of drug-likeness (QED) is 0.540. The normalized spacial score (nSPS) is 10.2. The number of thioether (sulfide) groups is 1. The summed E-state index contributed by atoms with van der Waals surface area (Å²) in [4.78, 5) is 12.0. The Labute approximate surface area is 151 Å². The summed E-state index contributed by atoms with van der Waals surface area (Å²) in [6, 6.07) is 14.7. The maximum atomic E-state index is 12.9. The van der Waals surface area contributed by atoms with Gasteiger partial charge in [-0.2, -0.15) is 5.26 Å². The van der Waals surface area contributed by atoms with Gasteiger partial charge < -0.3 is 0 Å². The van der Waals surface area contributed by atoms with Gasteiger partial charge in [0.15, 0.2) is 4.34 Å². The standard InChI is InChI=1S/C17H11FN4OS2/c18-14-7-5-13(6-8-14)15(23)20-16-21-22-17(25-16)24-10-12-3-1-11(9-19)2-4-12/h1-8H,10H2,(H,20,21,23). The summed E-state index contributed by atoms with van der Waals surface area (Å²) >= 11 is 2.76. The second-order valence-electron chi connectivity index (χ2n) is 4.93. The first kappa shape index (κ1) is 17.1. The third-order valence-corrected chi connectivity index (χ3v) is 5.22. The summed E-state index contributed by atoms with van der Waals surface area (Å²) in [6.45, 7) is 0. The highest BCUT2D eigenvalue weighted by atomic mass is 32.2. The molecule has 1 heterocycles. The van der Waals surface area contributed by atoms with E-state index in [2.05, 4.69) is 21.6 Å². The molecule has 0 aliphatic heterocycles. The molecule has 25 heavy (non-hydrogen) atoms. The van der Waals surface area contributed by atoms with Crippen LogP contribution in [0.3, 0.4) is 0 Å². The molecule has 0 aliphatic rings. The predicted octanol–water partition coefficient (Wildman–Crippen LogP) is 4.09. The lowest BCUT2D eigenvalue weighted by atomic mass is 10.2. The number of benzene rings is 2. The van der Waals surface area contributed by atoms with E-state index in [9.17, 15) is 9.18 Å². The number of halogens is 1. The fraction of sp³-hybridized carbons (Fsp3) is 0.0588. The van der Waals surface area contributed by atoms with Gasteiger partial charge in [-0.05, 0) is 42.0 Å². The molecule has 1 N–H and O–H groups in total. The molecule has 2 aromatic carbocycles. The molecule has 3 aromatic rings. The molecule has 124 valence electrons. The van der Waals surface area contributed by atoms with E-state index in [4.69, 9.17) is 5.26 Å². The van der Waals surface area contributed by atoms with E-state index >= 15 is 0 Å². The lowest BCUT2D eigenvalue weighted by Crippen LogP contribution is -2.11. The third kappa shape index (κ3) is 4.62. The second-order valence-corrected chi connectivity index (χ2v) is 7.13. The second kappa shape index (κ2) is 7.88. The van der Waals surface area contributed by atoms with Gasteiger partial charge in [-0.15, -0.1) is 10.2 Å². The highest BCUT2D eigenvalue weighted by Gasteiger charge is 2.11. The maximum absolute atomic E-state index is 12.9. The van der Waals surface area contributed by atoms with Gasteiger partial charge in [0, 0.05) is 11.3 Å². The first-order chi connectivity index (χ1) is 12.1. The molecule has 8 heteroatoms. The molecule has 0 radical (unpaired) electrons. The van der Waals surface area contributed by atoms with Crippen LogP contribution in [0.1, 0.15) is 21.5 Å². The monoisotopic (exact) mass is 370 g/mol. The van der Waals surface area contributed by atoms with Crippen molar-refractivity contribution < 1.29 is 9.18 Å². The summed E-state index contributed by atoms with van der Waals surface area (Å²) in [5, 5.41) is 19.8. The van der Waals surface area contributed by atoms with Crippen LogP contribution in [0.4, 0.5) is 9.52 Å². The number of anilines is 1. The minimum Gasteiger partial charge on any atom is -0.296 e. The van der Waals surface area contributed by atoms with Crippen LogP contribution in [-0.2, 0) is 5.75 Å². The van der Waals surface area contributed by atoms with Gasteiger partial charge in [-0.25, -0.2) is 4.39 Å². The Balaban J connectivity index is 1.57. The fourth-order valence-electron chi connectivity index (χ4n) is 1.91. The smallest absolute Gasteiger partial charge is 0.257 e. The van der Waals surface area contributed by atoms with Crippen molar-refractivity contribution in [2.45, 2.75) is 10.1 Å². The molecule has 0 saturated carbocycles. The van der Waals surface area contributed by atoms with Gasteiger partial charge in [0.05, 0.1) is 11.6 Å². The van der Waals surface area contributed by atoms with Gasteiger partial charge in [0.2, 0.25) is 5.13 Å². The van der Waals surface area contributed by atoms with Crippen molar-refractivity contribution in [1.29, 1.82) is 5.26 Å². The van der Waals surface area contributed by atoms with E-state index in [0.29, 0.717) is 22.0 Å². The van der Waals surface area contributed by atoms with Crippen LogP contribution < -0.4 is 5.32 Å². The van der Waals surface area contributed by atoms with Crippen molar-refractivity contribution >= 4 is 34.1 Å². The number of rotatable bonds is 5. The number of aromatic nitrogens is 2. The Morgan fingerprint density at radius 3 is 2.56 bits per heavy atom. The molecule has 5 nitrogen and oxygen atoms in total. The van der Waals surface area contributed by atoms with E-state index in [-0.39, 0.29) is 5.91 Å². The molecule has 0 spiro atoms. The van der Waals surface area contributed by atoms with Gasteiger partial charge in [0.25, 0.3) is 5.91 Å². The third-order valence-electron chi connectivity index (χ3n) is 3.18. The van der Waals surface area contributed by atoms with E-state index in [1.54, 1.807) is 12.1 Å². The zero-order valence-electron chi connectivity index (χ0n) is 12.8. The van der Waals surface area contributed by atoms with Crippen molar-refractivity contribution in [2.24, 2.45) is 0 Å². The number of amides is 1. The molecule has 0 atom stereocenters. The zero-order valence-corrected chi connectivity index (χ0v) is 14.4. The minimum absolute atomic E-state index is 0.350. The van der Waals surface area contributed by atoms with Gasteiger partial charge in [-0.3, -0.25) is 10.1 Å². The summed E-state index contributed by atoms with van der Waals surface area (Å²) in [6.07, 6.45) is 0. The molecular formula is C17H11FN4OS2. The van der Waals surface area contributed by atoms with E-state index in [1.807, 2.05) is 12.1 Å². The van der Waals surface area contributed by atoms with Crippen LogP contribution in [0.25, 0.3) is 0 Å². The number of nitrogens with one attached hydrogen (secondary N) is 1. The van der Waals surface area contributed by atoms with Crippen LogP contribution >= 0.6 is 23.1 Å². The molecule has 3 rings (SSSR count). The van der Waals surface area contributed by atoms with Crippen molar-refractivity contribution in [3.8, 4) is 6.07 Å². The van der Waals surface area contributed by atoms with Crippen LogP contribution in [0.15, 0.2) is 52.9 Å². The fourth-order valence-corrected chi connectivity index (χ4v) is 3.61. The Morgan fingerprint density at radius 2 is 1.88 bits per heavy atom. The number of hydrogen-bond acceptors (Lipinski definition) is 6. The zero-order chi connectivity index (χ0) is 17.6. The summed E-state index contributed by atoms with van der Waals surface area (Å²) in [7, 11) is 0. The van der Waals surface area contributed by atoms with Gasteiger partial charge in [0.1, 0.15) is 5.82 Å². The number of nitriles is 1. The van der Waals surface area contributed by atoms with Crippen LogP contribution in [0.5, 0.6) is 0 Å². The predicted molar refractivity (Wildman–Crippen MR) is 95.0 cm³/mol. The molecule has 0 fully saturated rings. The van der Waals surface area contributed by atoms with E-state index in [0.717, 1.165) is 9.90 Å². The van der Waals surface area contributed by atoms with Crippen LogP contribution in [0, 0.1) is 17.1 Å². The summed E-state index contributed by atoms with van der Waals surface area (Å²) in [5.41, 5.74) is 2.04. The number of carbonyl (C=O) groups excluding carboxylic acids is 1. The first-order valence-electron chi connectivity index (χ1n) is 7.16. The average molecular weight is 370 g/mol. The molecular weight excluding hydrogens is 359 g/mol. The number of hydrogen-bond donors (Lipinski definition) is 1. The molecule has 0 unspecified atom stereocenters. The van der Waals surface area contributed by atoms with Crippen molar-refractivity contribution in [3.63, 3.8) is 0 Å². The number of nitrogens with zero attached hydrogens (tertiary/aromatic N) is 3. The Bertz CT molecular complexity index is 917. The molecule has 0 saturated heterocycles. The highest BCUT2D eigenvalue weighted by molar-refractivity contribution is 8.00.